The van der Waals surface area contributed by atoms with E-state index in [1.54, 1.807) is 19.2 Å². The molecule has 1 fully saturated rings. The van der Waals surface area contributed by atoms with E-state index in [4.69, 9.17) is 10.4 Å². The predicted molar refractivity (Wildman–Crippen MR) is 130 cm³/mol. The van der Waals surface area contributed by atoms with E-state index < -0.39 is 11.5 Å². The van der Waals surface area contributed by atoms with Crippen LogP contribution in [0.15, 0.2) is 40.8 Å². The standard InChI is InChI=1S/C25H28N4O3S/c1-2-29-23(17-20(18-26)25(31)32)33-22(24(29)30)11-12-27-21-10-6-8-19(16-21)9-7-15-28-13-4-3-5-14-28/h6,8,10,12,16,27H,2-5,7,9,13-15H2,1H3,(H,31,32). The molecule has 0 bridgehead atoms. The maximum absolute atomic E-state index is 12.6. The molecule has 7 nitrogen and oxygen atoms in total. The number of thiazole rings is 1. The average molecular weight is 465 g/mol. The number of aromatic nitrogens is 1. The van der Waals surface area contributed by atoms with Crippen molar-refractivity contribution in [2.24, 2.45) is 0 Å². The lowest BCUT2D eigenvalue weighted by Gasteiger charge is -2.26. The first-order valence-electron chi connectivity index (χ1n) is 11.2. The summed E-state index contributed by atoms with van der Waals surface area (Å²) in [5.74, 6) is -1.38. The van der Waals surface area contributed by atoms with Crippen molar-refractivity contribution in [3.63, 3.8) is 0 Å². The lowest BCUT2D eigenvalue weighted by molar-refractivity contribution is -0.132. The summed E-state index contributed by atoms with van der Waals surface area (Å²) in [5.41, 5.74) is 6.81. The Kier molecular flexibility index (Phi) is 8.88. The fourth-order valence-corrected chi connectivity index (χ4v) is 4.79. The molecule has 0 atom stereocenters. The number of nitrogens with zero attached hydrogens (tertiary/aromatic N) is 3. The van der Waals surface area contributed by atoms with Crippen molar-refractivity contribution in [3.8, 4) is 6.07 Å². The van der Waals surface area contributed by atoms with Gasteiger partial charge in [0.15, 0.2) is 5.57 Å². The molecule has 1 aliphatic rings. The van der Waals surface area contributed by atoms with Crippen LogP contribution < -0.4 is 20.1 Å². The first kappa shape index (κ1) is 24.3. The van der Waals surface area contributed by atoms with Crippen molar-refractivity contribution < 1.29 is 9.90 Å². The molecule has 0 amide bonds. The van der Waals surface area contributed by atoms with E-state index in [1.165, 1.54) is 42.5 Å². The van der Waals surface area contributed by atoms with Gasteiger partial charge in [0.1, 0.15) is 15.3 Å². The van der Waals surface area contributed by atoms with Crippen molar-refractivity contribution in [2.75, 3.05) is 25.0 Å². The SMILES string of the molecule is CCn1c(=C=C(C#N)C(=O)O)sc(=C=CNc2cccc(CCCN3CCCCC3)c2)c1=O. The summed E-state index contributed by atoms with van der Waals surface area (Å²) in [6, 6.07) is 9.77. The number of hydrogen-bond donors (Lipinski definition) is 2. The minimum absolute atomic E-state index is 0.285. The van der Waals surface area contributed by atoms with Crippen molar-refractivity contribution in [2.45, 2.75) is 45.6 Å². The first-order valence-corrected chi connectivity index (χ1v) is 12.0. The number of carbonyl (C=O) groups is 1. The van der Waals surface area contributed by atoms with Gasteiger partial charge in [0.25, 0.3) is 5.56 Å². The van der Waals surface area contributed by atoms with Crippen LogP contribution in [0.5, 0.6) is 0 Å². The van der Waals surface area contributed by atoms with E-state index in [0.717, 1.165) is 36.4 Å². The van der Waals surface area contributed by atoms with Crippen LogP contribution >= 0.6 is 11.3 Å². The van der Waals surface area contributed by atoms with E-state index in [-0.39, 0.29) is 10.2 Å². The van der Waals surface area contributed by atoms with E-state index in [1.807, 2.05) is 12.1 Å². The third-order valence-corrected chi connectivity index (χ3v) is 6.53. The molecule has 2 N–H and O–H groups in total. The lowest BCUT2D eigenvalue weighted by Crippen LogP contribution is -2.30. The minimum atomic E-state index is -1.38. The van der Waals surface area contributed by atoms with Crippen molar-refractivity contribution >= 4 is 34.5 Å². The number of nitrogens with one attached hydrogen (secondary N) is 1. The number of carboxylic acid groups (broad SMARTS) is 1. The summed E-state index contributed by atoms with van der Waals surface area (Å²) in [6.45, 7) is 5.68. The second-order valence-electron chi connectivity index (χ2n) is 7.84. The van der Waals surface area contributed by atoms with Crippen molar-refractivity contribution in [1.29, 1.82) is 5.26 Å². The Labute approximate surface area is 196 Å². The third kappa shape index (κ3) is 6.82. The second-order valence-corrected chi connectivity index (χ2v) is 8.84. The number of benzene rings is 1. The number of nitriles is 1. The normalized spacial score (nSPS) is 13.5. The zero-order valence-electron chi connectivity index (χ0n) is 18.8. The number of likely N-dealkylation sites (tertiary alicyclic amines) is 1. The van der Waals surface area contributed by atoms with E-state index >= 15 is 0 Å². The van der Waals surface area contributed by atoms with Crippen molar-refractivity contribution in [3.05, 3.63) is 61.2 Å². The zero-order chi connectivity index (χ0) is 23.6. The molecule has 1 aromatic carbocycles. The predicted octanol–water partition coefficient (Wildman–Crippen LogP) is 2.27. The molecule has 0 aliphatic carbocycles. The summed E-state index contributed by atoms with van der Waals surface area (Å²) >= 11 is 1.05. The van der Waals surface area contributed by atoms with Crippen LogP contribution in [0.4, 0.5) is 5.69 Å². The van der Waals surface area contributed by atoms with Crippen LogP contribution in [0, 0.1) is 11.3 Å². The quantitative estimate of drug-likeness (QED) is 0.459. The molecule has 1 aliphatic heterocycles. The Balaban J connectivity index is 1.75. The number of aliphatic carboxylic acids is 1. The number of aryl methyl sites for hydroxylation is 1. The molecule has 8 heteroatoms. The summed E-state index contributed by atoms with van der Waals surface area (Å²) in [5, 5.41) is 21.2. The molecular formula is C25H28N4O3S. The minimum Gasteiger partial charge on any atom is -0.477 e. The lowest BCUT2D eigenvalue weighted by atomic mass is 10.1. The highest BCUT2D eigenvalue weighted by Crippen LogP contribution is 2.14. The number of rotatable bonds is 8. The molecule has 0 radical (unpaired) electrons. The molecule has 2 aromatic rings. The van der Waals surface area contributed by atoms with Crippen LogP contribution in [0.1, 0.15) is 38.2 Å². The van der Waals surface area contributed by atoms with Gasteiger partial charge in [0, 0.05) is 18.4 Å². The van der Waals surface area contributed by atoms with Crippen LogP contribution in [-0.2, 0) is 17.8 Å². The molecule has 172 valence electrons. The van der Waals surface area contributed by atoms with Gasteiger partial charge in [-0.2, -0.15) is 5.26 Å². The summed E-state index contributed by atoms with van der Waals surface area (Å²) < 4.78 is 1.98. The molecule has 3 rings (SSSR count). The van der Waals surface area contributed by atoms with Gasteiger partial charge < -0.3 is 15.3 Å². The molecule has 33 heavy (non-hydrogen) atoms. The molecule has 0 unspecified atom stereocenters. The Morgan fingerprint density at radius 2 is 2.09 bits per heavy atom. The van der Waals surface area contributed by atoms with Crippen LogP contribution in [-0.4, -0.2) is 40.2 Å². The molecule has 2 heterocycles. The number of anilines is 1. The van der Waals surface area contributed by atoms with Gasteiger partial charge in [-0.1, -0.05) is 41.4 Å². The summed E-state index contributed by atoms with van der Waals surface area (Å²) in [7, 11) is 0. The fourth-order valence-electron chi connectivity index (χ4n) is 3.81. The Bertz CT molecular complexity index is 1280. The van der Waals surface area contributed by atoms with Gasteiger partial charge >= 0.3 is 5.97 Å². The summed E-state index contributed by atoms with van der Waals surface area (Å²) in [6.07, 6.45) is 7.70. The Hall–Kier alpha value is -3.33. The van der Waals surface area contributed by atoms with Gasteiger partial charge in [-0.3, -0.25) is 9.36 Å². The largest absolute Gasteiger partial charge is 0.477 e. The Morgan fingerprint density at radius 1 is 1.30 bits per heavy atom. The number of carboxylic acids is 1. The molecule has 0 saturated carbocycles. The molecule has 1 saturated heterocycles. The van der Waals surface area contributed by atoms with E-state index in [0.29, 0.717) is 11.1 Å². The van der Waals surface area contributed by atoms with Crippen LogP contribution in [0.3, 0.4) is 0 Å². The maximum Gasteiger partial charge on any atom is 0.354 e. The van der Waals surface area contributed by atoms with Crippen LogP contribution in [0.25, 0.3) is 11.5 Å². The van der Waals surface area contributed by atoms with Gasteiger partial charge in [-0.15, -0.1) is 0 Å². The van der Waals surface area contributed by atoms with Gasteiger partial charge in [0.2, 0.25) is 0 Å². The van der Waals surface area contributed by atoms with E-state index in [2.05, 4.69) is 33.8 Å². The number of piperidine rings is 1. The van der Waals surface area contributed by atoms with Gasteiger partial charge in [-0.25, -0.2) is 4.79 Å². The molecular weight excluding hydrogens is 436 g/mol. The zero-order valence-corrected chi connectivity index (χ0v) is 19.6. The third-order valence-electron chi connectivity index (χ3n) is 5.51. The smallest absolute Gasteiger partial charge is 0.354 e. The van der Waals surface area contributed by atoms with Crippen LogP contribution in [0.2, 0.25) is 0 Å². The monoisotopic (exact) mass is 464 g/mol. The maximum atomic E-state index is 12.6. The first-order chi connectivity index (χ1) is 16.0. The second kappa shape index (κ2) is 12.1. The highest BCUT2D eigenvalue weighted by Gasteiger charge is 2.09. The Morgan fingerprint density at radius 3 is 2.79 bits per heavy atom. The average Bonchev–Trinajstić information content (AvgIpc) is 3.12. The number of hydrogen-bond acceptors (Lipinski definition) is 6. The highest BCUT2D eigenvalue weighted by molar-refractivity contribution is 7.07. The summed E-state index contributed by atoms with van der Waals surface area (Å²) in [4.78, 5) is 26.2. The topological polar surface area (TPSA) is 98.4 Å². The highest BCUT2D eigenvalue weighted by atomic mass is 32.1. The molecule has 1 aromatic heterocycles. The van der Waals surface area contributed by atoms with E-state index in [9.17, 15) is 9.59 Å². The van der Waals surface area contributed by atoms with Crippen molar-refractivity contribution in [1.82, 2.24) is 9.47 Å². The van der Waals surface area contributed by atoms with Gasteiger partial charge in [0.05, 0.1) is 0 Å². The fraction of sp³-hybridized carbons (Fsp3) is 0.400. The molecule has 0 spiro atoms. The van der Waals surface area contributed by atoms with Gasteiger partial charge in [-0.05, 0) is 69.9 Å².